The van der Waals surface area contributed by atoms with Crippen molar-refractivity contribution in [3.05, 3.63) is 27.7 Å². The molecule has 20 heavy (non-hydrogen) atoms. The molecule has 1 heterocycles. The van der Waals surface area contributed by atoms with Crippen molar-refractivity contribution < 1.29 is 9.90 Å². The highest BCUT2D eigenvalue weighted by Crippen LogP contribution is 2.41. The van der Waals surface area contributed by atoms with E-state index < -0.39 is 0 Å². The summed E-state index contributed by atoms with van der Waals surface area (Å²) in [6.45, 7) is 0.786. The topological polar surface area (TPSA) is 61.4 Å². The Morgan fingerprint density at radius 3 is 2.95 bits per heavy atom. The molecule has 0 aliphatic carbocycles. The number of carbonyl (C=O) groups excluding carboxylic acids is 1. The van der Waals surface area contributed by atoms with Gasteiger partial charge in [-0.2, -0.15) is 0 Å². The van der Waals surface area contributed by atoms with Crippen molar-refractivity contribution >= 4 is 29.1 Å². The standard InChI is InChI=1S/C14H18Cl2N2O2/c1-17-12(20)7-9-6-8(4-5-18-9)13-11(19)3-2-10(15)14(13)16/h2-3,8-9,18-19H,4-7H2,1H3,(H,17,20)/t8-,9+/m1/s1. The number of amides is 1. The fraction of sp³-hybridized carbons (Fsp3) is 0.500. The highest BCUT2D eigenvalue weighted by Gasteiger charge is 2.28. The van der Waals surface area contributed by atoms with Gasteiger partial charge >= 0.3 is 0 Å². The first-order chi connectivity index (χ1) is 9.52. The van der Waals surface area contributed by atoms with Gasteiger partial charge in [0.15, 0.2) is 0 Å². The lowest BCUT2D eigenvalue weighted by atomic mass is 9.85. The molecule has 2 rings (SSSR count). The molecule has 1 amide bonds. The molecule has 1 aromatic rings. The van der Waals surface area contributed by atoms with Gasteiger partial charge in [0.05, 0.1) is 10.0 Å². The summed E-state index contributed by atoms with van der Waals surface area (Å²) in [5.74, 6) is 0.284. The van der Waals surface area contributed by atoms with Crippen LogP contribution in [0.4, 0.5) is 0 Å². The van der Waals surface area contributed by atoms with E-state index in [0.29, 0.717) is 22.0 Å². The second kappa shape index (κ2) is 6.66. The molecule has 110 valence electrons. The monoisotopic (exact) mass is 316 g/mol. The van der Waals surface area contributed by atoms with Gasteiger partial charge in [-0.25, -0.2) is 0 Å². The van der Waals surface area contributed by atoms with Gasteiger partial charge in [-0.1, -0.05) is 23.2 Å². The molecule has 2 atom stereocenters. The predicted molar refractivity (Wildman–Crippen MR) is 80.6 cm³/mol. The third-order valence-electron chi connectivity index (χ3n) is 3.72. The number of hydrogen-bond acceptors (Lipinski definition) is 3. The summed E-state index contributed by atoms with van der Waals surface area (Å²) in [7, 11) is 1.63. The summed E-state index contributed by atoms with van der Waals surface area (Å²) in [5.41, 5.74) is 0.697. The van der Waals surface area contributed by atoms with E-state index in [1.165, 1.54) is 0 Å². The van der Waals surface area contributed by atoms with Crippen molar-refractivity contribution in [2.75, 3.05) is 13.6 Å². The van der Waals surface area contributed by atoms with Crippen molar-refractivity contribution in [3.8, 4) is 5.75 Å². The maximum atomic E-state index is 11.5. The van der Waals surface area contributed by atoms with Gasteiger partial charge in [-0.3, -0.25) is 4.79 Å². The Morgan fingerprint density at radius 2 is 2.25 bits per heavy atom. The Hall–Kier alpha value is -0.970. The summed E-state index contributed by atoms with van der Waals surface area (Å²) >= 11 is 12.2. The second-order valence-corrected chi connectivity index (χ2v) is 5.83. The molecule has 1 aliphatic heterocycles. The lowest BCUT2D eigenvalue weighted by Crippen LogP contribution is -2.40. The summed E-state index contributed by atoms with van der Waals surface area (Å²) in [5, 5.41) is 16.8. The Bertz CT molecular complexity index is 508. The number of benzene rings is 1. The van der Waals surface area contributed by atoms with Gasteiger partial charge in [-0.05, 0) is 37.4 Å². The highest BCUT2D eigenvalue weighted by molar-refractivity contribution is 6.42. The Morgan fingerprint density at radius 1 is 1.50 bits per heavy atom. The zero-order valence-electron chi connectivity index (χ0n) is 11.2. The van der Waals surface area contributed by atoms with Crippen molar-refractivity contribution in [3.63, 3.8) is 0 Å². The average Bonchev–Trinajstić information content (AvgIpc) is 2.44. The van der Waals surface area contributed by atoms with Crippen LogP contribution < -0.4 is 10.6 Å². The molecule has 1 saturated heterocycles. The first-order valence-corrected chi connectivity index (χ1v) is 7.39. The SMILES string of the molecule is CNC(=O)C[C@@H]1C[C@H](c2c(O)ccc(Cl)c2Cl)CCN1. The van der Waals surface area contributed by atoms with E-state index in [9.17, 15) is 9.90 Å². The molecule has 0 saturated carbocycles. The van der Waals surface area contributed by atoms with Gasteiger partial charge in [0.1, 0.15) is 5.75 Å². The highest BCUT2D eigenvalue weighted by atomic mass is 35.5. The number of hydrogen-bond donors (Lipinski definition) is 3. The van der Waals surface area contributed by atoms with Crippen LogP contribution in [0.15, 0.2) is 12.1 Å². The average molecular weight is 317 g/mol. The summed E-state index contributed by atoms with van der Waals surface area (Å²) < 4.78 is 0. The number of nitrogens with one attached hydrogen (secondary N) is 2. The molecule has 0 radical (unpaired) electrons. The van der Waals surface area contributed by atoms with E-state index in [1.807, 2.05) is 0 Å². The molecule has 1 aliphatic rings. The lowest BCUT2D eigenvalue weighted by molar-refractivity contribution is -0.121. The number of rotatable bonds is 3. The van der Waals surface area contributed by atoms with Crippen molar-refractivity contribution in [2.24, 2.45) is 0 Å². The normalized spacial score (nSPS) is 22.6. The minimum Gasteiger partial charge on any atom is -0.508 e. The van der Waals surface area contributed by atoms with Crippen LogP contribution in [0.5, 0.6) is 5.75 Å². The van der Waals surface area contributed by atoms with Crippen molar-refractivity contribution in [1.29, 1.82) is 0 Å². The molecule has 1 aromatic carbocycles. The van der Waals surface area contributed by atoms with E-state index >= 15 is 0 Å². The summed E-state index contributed by atoms with van der Waals surface area (Å²) in [4.78, 5) is 11.5. The number of phenolic OH excluding ortho intramolecular Hbond substituents is 1. The molecule has 0 bridgehead atoms. The molecule has 0 spiro atoms. The van der Waals surface area contributed by atoms with Crippen LogP contribution in [-0.2, 0) is 4.79 Å². The van der Waals surface area contributed by atoms with Gasteiger partial charge in [0, 0.05) is 25.1 Å². The number of halogens is 2. The zero-order chi connectivity index (χ0) is 14.7. The largest absolute Gasteiger partial charge is 0.508 e. The van der Waals surface area contributed by atoms with Crippen LogP contribution in [0.1, 0.15) is 30.7 Å². The molecule has 3 N–H and O–H groups in total. The number of piperidine rings is 1. The second-order valence-electron chi connectivity index (χ2n) is 5.04. The number of carbonyl (C=O) groups is 1. The molecule has 0 unspecified atom stereocenters. The van der Waals surface area contributed by atoms with Gasteiger partial charge in [0.2, 0.25) is 5.91 Å². The number of aromatic hydroxyl groups is 1. The maximum absolute atomic E-state index is 11.5. The molecule has 0 aromatic heterocycles. The Kier molecular flexibility index (Phi) is 5.13. The maximum Gasteiger partial charge on any atom is 0.221 e. The van der Waals surface area contributed by atoms with Gasteiger partial charge in [-0.15, -0.1) is 0 Å². The zero-order valence-corrected chi connectivity index (χ0v) is 12.8. The minimum atomic E-state index is 0.00422. The Labute approximate surface area is 128 Å². The lowest BCUT2D eigenvalue weighted by Gasteiger charge is -2.31. The van der Waals surface area contributed by atoms with E-state index in [-0.39, 0.29) is 23.6 Å². The molecular formula is C14H18Cl2N2O2. The predicted octanol–water partition coefficient (Wildman–Crippen LogP) is 2.67. The van der Waals surface area contributed by atoms with Crippen LogP contribution in [0.25, 0.3) is 0 Å². The van der Waals surface area contributed by atoms with E-state index in [1.54, 1.807) is 19.2 Å². The molecule has 1 fully saturated rings. The van der Waals surface area contributed by atoms with E-state index in [2.05, 4.69) is 10.6 Å². The first-order valence-electron chi connectivity index (χ1n) is 6.63. The van der Waals surface area contributed by atoms with Crippen molar-refractivity contribution in [2.45, 2.75) is 31.2 Å². The quantitative estimate of drug-likeness (QED) is 0.803. The Balaban J connectivity index is 2.17. The van der Waals surface area contributed by atoms with Gasteiger partial charge < -0.3 is 15.7 Å². The van der Waals surface area contributed by atoms with E-state index in [4.69, 9.17) is 23.2 Å². The first kappa shape index (κ1) is 15.4. The van der Waals surface area contributed by atoms with Crippen molar-refractivity contribution in [1.82, 2.24) is 10.6 Å². The smallest absolute Gasteiger partial charge is 0.221 e. The fourth-order valence-corrected chi connectivity index (χ4v) is 3.17. The minimum absolute atomic E-state index is 0.00422. The third kappa shape index (κ3) is 3.37. The van der Waals surface area contributed by atoms with Crippen LogP contribution in [0.2, 0.25) is 10.0 Å². The molecule has 6 heteroatoms. The fourth-order valence-electron chi connectivity index (χ4n) is 2.69. The molecular weight excluding hydrogens is 299 g/mol. The van der Waals surface area contributed by atoms with Crippen LogP contribution in [0.3, 0.4) is 0 Å². The molecule has 4 nitrogen and oxygen atoms in total. The van der Waals surface area contributed by atoms with Crippen LogP contribution in [0, 0.1) is 0 Å². The third-order valence-corrected chi connectivity index (χ3v) is 4.54. The van der Waals surface area contributed by atoms with Gasteiger partial charge in [0.25, 0.3) is 0 Å². The van der Waals surface area contributed by atoms with Crippen LogP contribution in [-0.4, -0.2) is 30.6 Å². The summed E-state index contributed by atoms with van der Waals surface area (Å²) in [6.07, 6.45) is 2.03. The number of phenols is 1. The summed E-state index contributed by atoms with van der Waals surface area (Å²) in [6, 6.07) is 3.24. The van der Waals surface area contributed by atoms with E-state index in [0.717, 1.165) is 19.4 Å². The van der Waals surface area contributed by atoms with Crippen LogP contribution >= 0.6 is 23.2 Å².